The van der Waals surface area contributed by atoms with Crippen LogP contribution in [0.5, 0.6) is 17.2 Å². The van der Waals surface area contributed by atoms with Crippen LogP contribution in [0.4, 0.5) is 0 Å². The van der Waals surface area contributed by atoms with E-state index >= 15 is 0 Å². The average Bonchev–Trinajstić information content (AvgIpc) is 3.21. The van der Waals surface area contributed by atoms with Crippen molar-refractivity contribution in [2.24, 2.45) is 0 Å². The van der Waals surface area contributed by atoms with Gasteiger partial charge in [0.15, 0.2) is 11.5 Å². The van der Waals surface area contributed by atoms with Crippen LogP contribution in [0, 0.1) is 0 Å². The molecule has 6 heteroatoms. The fourth-order valence-corrected chi connectivity index (χ4v) is 4.18. The Labute approximate surface area is 163 Å². The number of methoxy groups -OCH3 is 1. The standard InChI is InChI=1S/C22H23NO5/c1-25-19-4-2-3-17-14-27-22(28-20(17)19)8-10-23(11-9-22)21(24)16-5-6-18-15(13-16)7-12-26-18/h2-6,13H,7-12,14H2,1H3. The van der Waals surface area contributed by atoms with Crippen LogP contribution in [0.1, 0.15) is 34.3 Å². The van der Waals surface area contributed by atoms with Crippen molar-refractivity contribution < 1.29 is 23.7 Å². The quantitative estimate of drug-likeness (QED) is 0.800. The SMILES string of the molecule is COc1cccc2c1OC1(CCN(C(=O)c3ccc4c(c3)CCO4)CC1)OC2. The lowest BCUT2D eigenvalue weighted by Crippen LogP contribution is -2.52. The molecule has 3 aliphatic heterocycles. The molecule has 28 heavy (non-hydrogen) atoms. The summed E-state index contributed by atoms with van der Waals surface area (Å²) in [7, 11) is 1.64. The van der Waals surface area contributed by atoms with E-state index in [1.807, 2.05) is 41.3 Å². The zero-order valence-electron chi connectivity index (χ0n) is 15.9. The highest BCUT2D eigenvalue weighted by Gasteiger charge is 2.42. The smallest absolute Gasteiger partial charge is 0.253 e. The maximum atomic E-state index is 13.0. The number of ether oxygens (including phenoxy) is 4. The number of hydrogen-bond acceptors (Lipinski definition) is 5. The first-order chi connectivity index (χ1) is 13.7. The number of nitrogens with zero attached hydrogens (tertiary/aromatic N) is 1. The molecule has 6 nitrogen and oxygen atoms in total. The first-order valence-electron chi connectivity index (χ1n) is 9.71. The molecule has 3 aliphatic rings. The lowest BCUT2D eigenvalue weighted by Gasteiger charge is -2.44. The monoisotopic (exact) mass is 381 g/mol. The number of fused-ring (bicyclic) bond motifs is 2. The number of rotatable bonds is 2. The van der Waals surface area contributed by atoms with Crippen molar-refractivity contribution in [3.05, 3.63) is 53.1 Å². The van der Waals surface area contributed by atoms with E-state index in [4.69, 9.17) is 18.9 Å². The minimum Gasteiger partial charge on any atom is -0.493 e. The number of amides is 1. The minimum absolute atomic E-state index is 0.0540. The van der Waals surface area contributed by atoms with E-state index < -0.39 is 5.79 Å². The van der Waals surface area contributed by atoms with Gasteiger partial charge in [-0.2, -0.15) is 0 Å². The van der Waals surface area contributed by atoms with Crippen LogP contribution in [0.25, 0.3) is 0 Å². The van der Waals surface area contributed by atoms with Gasteiger partial charge in [-0.25, -0.2) is 0 Å². The number of hydrogen-bond donors (Lipinski definition) is 0. The van der Waals surface area contributed by atoms with Crippen molar-refractivity contribution in [1.29, 1.82) is 0 Å². The molecule has 146 valence electrons. The third-order valence-corrected chi connectivity index (χ3v) is 5.81. The average molecular weight is 381 g/mol. The molecule has 5 rings (SSSR count). The Morgan fingerprint density at radius 3 is 2.82 bits per heavy atom. The molecule has 2 aromatic rings. The summed E-state index contributed by atoms with van der Waals surface area (Å²) < 4.78 is 23.3. The van der Waals surface area contributed by atoms with Gasteiger partial charge in [0, 0.05) is 43.5 Å². The molecule has 1 amide bonds. The summed E-state index contributed by atoms with van der Waals surface area (Å²) in [5.41, 5.74) is 2.82. The fourth-order valence-electron chi connectivity index (χ4n) is 4.18. The largest absolute Gasteiger partial charge is 0.493 e. The Kier molecular flexibility index (Phi) is 4.16. The van der Waals surface area contributed by atoms with Gasteiger partial charge in [0.05, 0.1) is 20.3 Å². The molecule has 0 bridgehead atoms. The van der Waals surface area contributed by atoms with E-state index in [2.05, 4.69) is 0 Å². The number of carbonyl (C=O) groups is 1. The number of likely N-dealkylation sites (tertiary alicyclic amines) is 1. The van der Waals surface area contributed by atoms with Gasteiger partial charge in [0.2, 0.25) is 5.79 Å². The highest BCUT2D eigenvalue weighted by molar-refractivity contribution is 5.94. The number of carbonyl (C=O) groups excluding carboxylic acids is 1. The molecular formula is C22H23NO5. The Bertz CT molecular complexity index is 903. The first-order valence-corrected chi connectivity index (χ1v) is 9.71. The van der Waals surface area contributed by atoms with Gasteiger partial charge in [-0.3, -0.25) is 4.79 Å². The Hall–Kier alpha value is -2.73. The fraction of sp³-hybridized carbons (Fsp3) is 0.409. The summed E-state index contributed by atoms with van der Waals surface area (Å²) in [4.78, 5) is 14.8. The van der Waals surface area contributed by atoms with E-state index in [1.54, 1.807) is 7.11 Å². The Morgan fingerprint density at radius 1 is 1.14 bits per heavy atom. The second-order valence-electron chi connectivity index (χ2n) is 7.46. The van der Waals surface area contributed by atoms with Gasteiger partial charge >= 0.3 is 0 Å². The third kappa shape index (κ3) is 2.88. The van der Waals surface area contributed by atoms with Crippen LogP contribution in [0.3, 0.4) is 0 Å². The summed E-state index contributed by atoms with van der Waals surface area (Å²) in [5, 5.41) is 0. The van der Waals surface area contributed by atoms with Crippen molar-refractivity contribution >= 4 is 5.91 Å². The van der Waals surface area contributed by atoms with E-state index in [-0.39, 0.29) is 5.91 Å². The maximum absolute atomic E-state index is 13.0. The second-order valence-corrected chi connectivity index (χ2v) is 7.46. The molecule has 2 aromatic carbocycles. The highest BCUT2D eigenvalue weighted by Crippen LogP contribution is 2.42. The minimum atomic E-state index is -0.690. The van der Waals surface area contributed by atoms with Crippen LogP contribution in [-0.2, 0) is 17.8 Å². The lowest BCUT2D eigenvalue weighted by molar-refractivity contribution is -0.226. The Balaban J connectivity index is 1.29. The van der Waals surface area contributed by atoms with Crippen molar-refractivity contribution in [3.63, 3.8) is 0 Å². The van der Waals surface area contributed by atoms with Crippen molar-refractivity contribution in [2.45, 2.75) is 31.7 Å². The highest BCUT2D eigenvalue weighted by atomic mass is 16.7. The third-order valence-electron chi connectivity index (χ3n) is 5.81. The Morgan fingerprint density at radius 2 is 2.00 bits per heavy atom. The van der Waals surface area contributed by atoms with Gasteiger partial charge in [-0.1, -0.05) is 12.1 Å². The van der Waals surface area contributed by atoms with Gasteiger partial charge in [-0.05, 0) is 29.8 Å². The molecular weight excluding hydrogens is 358 g/mol. The molecule has 0 aromatic heterocycles. The van der Waals surface area contributed by atoms with Crippen molar-refractivity contribution in [2.75, 3.05) is 26.8 Å². The molecule has 3 heterocycles. The summed E-state index contributed by atoms with van der Waals surface area (Å²) in [6.07, 6.45) is 2.12. The molecule has 0 N–H and O–H groups in total. The van der Waals surface area contributed by atoms with E-state index in [9.17, 15) is 4.79 Å². The molecule has 0 aliphatic carbocycles. The van der Waals surface area contributed by atoms with Crippen molar-refractivity contribution in [1.82, 2.24) is 4.90 Å². The summed E-state index contributed by atoms with van der Waals surface area (Å²) >= 11 is 0. The van der Waals surface area contributed by atoms with E-state index in [1.165, 1.54) is 0 Å². The zero-order valence-corrected chi connectivity index (χ0v) is 15.9. The summed E-state index contributed by atoms with van der Waals surface area (Å²) in [6, 6.07) is 11.5. The van der Waals surface area contributed by atoms with Crippen LogP contribution in [0.15, 0.2) is 36.4 Å². The lowest BCUT2D eigenvalue weighted by atomic mass is 10.00. The molecule has 0 saturated carbocycles. The van der Waals surface area contributed by atoms with Crippen LogP contribution >= 0.6 is 0 Å². The zero-order chi connectivity index (χ0) is 19.1. The van der Waals surface area contributed by atoms with Gasteiger partial charge in [0.1, 0.15) is 5.75 Å². The number of piperidine rings is 1. The summed E-state index contributed by atoms with van der Waals surface area (Å²) in [5.74, 6) is 1.74. The summed E-state index contributed by atoms with van der Waals surface area (Å²) in [6.45, 7) is 2.37. The number of para-hydroxylation sites is 1. The van der Waals surface area contributed by atoms with Crippen LogP contribution in [0.2, 0.25) is 0 Å². The predicted molar refractivity (Wildman–Crippen MR) is 102 cm³/mol. The maximum Gasteiger partial charge on any atom is 0.253 e. The van der Waals surface area contributed by atoms with Gasteiger partial charge < -0.3 is 23.8 Å². The molecule has 1 saturated heterocycles. The number of benzene rings is 2. The molecule has 0 radical (unpaired) electrons. The molecule has 0 unspecified atom stereocenters. The van der Waals surface area contributed by atoms with E-state index in [0.29, 0.717) is 39.1 Å². The van der Waals surface area contributed by atoms with Gasteiger partial charge in [-0.15, -0.1) is 0 Å². The van der Waals surface area contributed by atoms with Crippen LogP contribution < -0.4 is 14.2 Å². The van der Waals surface area contributed by atoms with Gasteiger partial charge in [0.25, 0.3) is 5.91 Å². The van der Waals surface area contributed by atoms with E-state index in [0.717, 1.165) is 40.4 Å². The molecule has 1 fully saturated rings. The topological polar surface area (TPSA) is 57.2 Å². The predicted octanol–water partition coefficient (Wildman–Crippen LogP) is 3.17. The van der Waals surface area contributed by atoms with Crippen molar-refractivity contribution in [3.8, 4) is 17.2 Å². The first kappa shape index (κ1) is 17.4. The van der Waals surface area contributed by atoms with Crippen LogP contribution in [-0.4, -0.2) is 43.4 Å². The molecule has 0 atom stereocenters. The normalized spacial score (nSPS) is 19.4. The molecule has 1 spiro atoms. The second kappa shape index (κ2) is 6.71.